The Morgan fingerprint density at radius 1 is 1.29 bits per heavy atom. The minimum absolute atomic E-state index is 0.00692. The normalized spacial score (nSPS) is 13.9. The molecule has 0 saturated heterocycles. The van der Waals surface area contributed by atoms with Gasteiger partial charge in [-0.25, -0.2) is 0 Å². The van der Waals surface area contributed by atoms with Gasteiger partial charge in [-0.05, 0) is 31.5 Å². The fourth-order valence-electron chi connectivity index (χ4n) is 1.91. The fourth-order valence-corrected chi connectivity index (χ4v) is 1.91. The summed E-state index contributed by atoms with van der Waals surface area (Å²) in [4.78, 5) is 0. The summed E-state index contributed by atoms with van der Waals surface area (Å²) >= 11 is 0. The van der Waals surface area contributed by atoms with Crippen LogP contribution in [-0.2, 0) is 16.0 Å². The predicted octanol–water partition coefficient (Wildman–Crippen LogP) is 1.59. The molecule has 0 heterocycles. The molecule has 0 bridgehead atoms. The molecule has 5 nitrogen and oxygen atoms in total. The lowest BCUT2D eigenvalue weighted by Gasteiger charge is -2.16. The molecule has 21 heavy (non-hydrogen) atoms. The number of ether oxygens (including phenoxy) is 3. The van der Waals surface area contributed by atoms with Gasteiger partial charge in [0.15, 0.2) is 0 Å². The second-order valence-electron chi connectivity index (χ2n) is 4.96. The van der Waals surface area contributed by atoms with Crippen molar-refractivity contribution < 1.29 is 19.3 Å². The molecule has 0 amide bonds. The van der Waals surface area contributed by atoms with E-state index in [1.165, 1.54) is 0 Å². The summed E-state index contributed by atoms with van der Waals surface area (Å²) in [6.07, 6.45) is -0.535. The van der Waals surface area contributed by atoms with Crippen LogP contribution >= 0.6 is 0 Å². The highest BCUT2D eigenvalue weighted by molar-refractivity contribution is 5.28. The Hall–Kier alpha value is -1.14. The van der Waals surface area contributed by atoms with Crippen molar-refractivity contribution in [2.75, 3.05) is 33.5 Å². The third-order valence-electron chi connectivity index (χ3n) is 2.89. The highest BCUT2D eigenvalue weighted by Gasteiger charge is 2.07. The monoisotopic (exact) mass is 297 g/mol. The summed E-state index contributed by atoms with van der Waals surface area (Å²) in [5, 5.41) is 13.0. The molecule has 1 rings (SSSR count). The van der Waals surface area contributed by atoms with Crippen LogP contribution in [0.1, 0.15) is 19.4 Å². The number of hydrogen-bond donors (Lipinski definition) is 2. The Labute approximate surface area is 127 Å². The van der Waals surface area contributed by atoms with Crippen LogP contribution in [0.4, 0.5) is 0 Å². The third kappa shape index (κ3) is 8.02. The van der Waals surface area contributed by atoms with E-state index in [0.717, 1.165) is 11.3 Å². The minimum atomic E-state index is -0.528. The van der Waals surface area contributed by atoms with Crippen molar-refractivity contribution >= 4 is 0 Å². The number of hydrogen-bond acceptors (Lipinski definition) is 5. The fraction of sp³-hybridized carbons (Fsp3) is 0.625. The zero-order valence-electron chi connectivity index (χ0n) is 13.2. The van der Waals surface area contributed by atoms with Gasteiger partial charge in [0, 0.05) is 20.2 Å². The summed E-state index contributed by atoms with van der Waals surface area (Å²) in [5.74, 6) is 0.870. The molecular formula is C16H27NO4. The van der Waals surface area contributed by atoms with Gasteiger partial charge in [-0.2, -0.15) is 0 Å². The minimum Gasteiger partial charge on any atom is -0.494 e. The topological polar surface area (TPSA) is 60.0 Å². The highest BCUT2D eigenvalue weighted by Crippen LogP contribution is 2.12. The second-order valence-corrected chi connectivity index (χ2v) is 4.96. The largest absolute Gasteiger partial charge is 0.494 e. The van der Waals surface area contributed by atoms with Gasteiger partial charge in [0.1, 0.15) is 5.75 Å². The molecule has 5 heteroatoms. The molecule has 2 atom stereocenters. The summed E-state index contributed by atoms with van der Waals surface area (Å²) in [7, 11) is 1.63. The van der Waals surface area contributed by atoms with Crippen molar-refractivity contribution in [1.82, 2.24) is 5.32 Å². The van der Waals surface area contributed by atoms with Crippen molar-refractivity contribution in [2.45, 2.75) is 32.6 Å². The van der Waals surface area contributed by atoms with E-state index in [1.807, 2.05) is 38.1 Å². The Bertz CT molecular complexity index is 386. The van der Waals surface area contributed by atoms with Gasteiger partial charge in [-0.3, -0.25) is 0 Å². The van der Waals surface area contributed by atoms with Crippen LogP contribution in [0.3, 0.4) is 0 Å². The van der Waals surface area contributed by atoms with Crippen LogP contribution in [0.2, 0.25) is 0 Å². The molecule has 120 valence electrons. The molecule has 0 aliphatic rings. The molecule has 2 unspecified atom stereocenters. The van der Waals surface area contributed by atoms with Crippen molar-refractivity contribution in [3.05, 3.63) is 29.8 Å². The number of nitrogens with one attached hydrogen (secondary N) is 1. The van der Waals surface area contributed by atoms with Gasteiger partial charge in [0.25, 0.3) is 0 Å². The van der Waals surface area contributed by atoms with Crippen molar-refractivity contribution in [3.8, 4) is 5.75 Å². The van der Waals surface area contributed by atoms with Crippen LogP contribution in [0.15, 0.2) is 24.3 Å². The predicted molar refractivity (Wildman–Crippen MR) is 82.6 cm³/mol. The number of methoxy groups -OCH3 is 1. The van der Waals surface area contributed by atoms with Crippen LogP contribution < -0.4 is 10.1 Å². The molecule has 0 aliphatic heterocycles. The first-order valence-electron chi connectivity index (χ1n) is 7.36. The van der Waals surface area contributed by atoms with Crippen molar-refractivity contribution in [1.29, 1.82) is 0 Å². The number of aliphatic hydroxyl groups is 1. The van der Waals surface area contributed by atoms with Crippen LogP contribution in [0.5, 0.6) is 5.75 Å². The van der Waals surface area contributed by atoms with E-state index in [1.54, 1.807) is 7.11 Å². The second kappa shape index (κ2) is 10.6. The lowest BCUT2D eigenvalue weighted by molar-refractivity contribution is -0.0311. The molecular weight excluding hydrogens is 270 g/mol. The maximum atomic E-state index is 9.83. The summed E-state index contributed by atoms with van der Waals surface area (Å²) in [6.45, 7) is 6.55. The first kappa shape index (κ1) is 17.9. The standard InChI is InChI=1S/C16H27NO4/c1-4-20-16-7-5-6-14(8-16)9-17-10-15(18)12-21-13(2)11-19-3/h5-8,13,15,17-18H,4,9-12H2,1-3H3. The van der Waals surface area contributed by atoms with Crippen molar-refractivity contribution in [2.24, 2.45) is 0 Å². The Morgan fingerprint density at radius 3 is 2.81 bits per heavy atom. The first-order valence-corrected chi connectivity index (χ1v) is 7.36. The lowest BCUT2D eigenvalue weighted by atomic mass is 10.2. The molecule has 2 N–H and O–H groups in total. The average molecular weight is 297 g/mol. The summed E-state index contributed by atoms with van der Waals surface area (Å²) < 4.78 is 15.9. The van der Waals surface area contributed by atoms with E-state index < -0.39 is 6.10 Å². The molecule has 1 aromatic rings. The smallest absolute Gasteiger partial charge is 0.119 e. The van der Waals surface area contributed by atoms with E-state index in [2.05, 4.69) is 5.32 Å². The SMILES string of the molecule is CCOc1cccc(CNCC(O)COC(C)COC)c1. The summed E-state index contributed by atoms with van der Waals surface area (Å²) in [6, 6.07) is 7.93. The molecule has 0 aromatic heterocycles. The number of rotatable bonds is 11. The van der Waals surface area contributed by atoms with Crippen molar-refractivity contribution in [3.63, 3.8) is 0 Å². The van der Waals surface area contributed by atoms with Gasteiger partial charge in [0.05, 0.1) is 32.0 Å². The van der Waals surface area contributed by atoms with Gasteiger partial charge < -0.3 is 24.6 Å². The van der Waals surface area contributed by atoms with E-state index in [0.29, 0.717) is 32.9 Å². The number of aliphatic hydroxyl groups excluding tert-OH is 1. The van der Waals surface area contributed by atoms with Crippen LogP contribution in [-0.4, -0.2) is 50.8 Å². The van der Waals surface area contributed by atoms with E-state index in [-0.39, 0.29) is 6.10 Å². The number of benzene rings is 1. The van der Waals surface area contributed by atoms with Gasteiger partial charge in [-0.15, -0.1) is 0 Å². The summed E-state index contributed by atoms with van der Waals surface area (Å²) in [5.41, 5.74) is 1.13. The van der Waals surface area contributed by atoms with E-state index >= 15 is 0 Å². The van der Waals surface area contributed by atoms with Gasteiger partial charge in [0.2, 0.25) is 0 Å². The molecule has 0 radical (unpaired) electrons. The van der Waals surface area contributed by atoms with Gasteiger partial charge in [-0.1, -0.05) is 12.1 Å². The lowest BCUT2D eigenvalue weighted by Crippen LogP contribution is -2.32. The molecule has 0 saturated carbocycles. The van der Waals surface area contributed by atoms with E-state index in [9.17, 15) is 5.11 Å². The Morgan fingerprint density at radius 2 is 2.10 bits per heavy atom. The average Bonchev–Trinajstić information content (AvgIpc) is 2.46. The quantitative estimate of drug-likeness (QED) is 0.649. The Kier molecular flexibility index (Phi) is 9.01. The molecule has 1 aromatic carbocycles. The Balaban J connectivity index is 2.21. The maximum absolute atomic E-state index is 9.83. The molecule has 0 aliphatic carbocycles. The van der Waals surface area contributed by atoms with Gasteiger partial charge >= 0.3 is 0 Å². The first-order chi connectivity index (χ1) is 10.2. The maximum Gasteiger partial charge on any atom is 0.119 e. The zero-order chi connectivity index (χ0) is 15.5. The third-order valence-corrected chi connectivity index (χ3v) is 2.89. The van der Waals surface area contributed by atoms with E-state index in [4.69, 9.17) is 14.2 Å². The molecule has 0 fully saturated rings. The zero-order valence-corrected chi connectivity index (χ0v) is 13.2. The highest BCUT2D eigenvalue weighted by atomic mass is 16.5. The van der Waals surface area contributed by atoms with Crippen LogP contribution in [0.25, 0.3) is 0 Å². The van der Waals surface area contributed by atoms with Crippen LogP contribution in [0, 0.1) is 0 Å². The molecule has 0 spiro atoms.